The number of rotatable bonds is 7. The minimum Gasteiger partial charge on any atom is -0.398 e. The summed E-state index contributed by atoms with van der Waals surface area (Å²) in [5.74, 6) is 0. The molecule has 1 aromatic rings. The molecule has 0 saturated carbocycles. The summed E-state index contributed by atoms with van der Waals surface area (Å²) in [6.45, 7) is 4.67. The van der Waals surface area contributed by atoms with Gasteiger partial charge < -0.3 is 16.2 Å². The first-order valence-corrected chi connectivity index (χ1v) is 6.36. The Morgan fingerprint density at radius 1 is 1.37 bits per heavy atom. The molecule has 0 atom stereocenters. The normalized spacial score (nSPS) is 11.3. The Kier molecular flexibility index (Phi) is 5.11. The fraction of sp³-hybridized carbons (Fsp3) is 0.538. The van der Waals surface area contributed by atoms with Gasteiger partial charge in [0.25, 0.3) is 5.69 Å². The van der Waals surface area contributed by atoms with Gasteiger partial charge >= 0.3 is 0 Å². The highest BCUT2D eigenvalue weighted by Crippen LogP contribution is 2.28. The quantitative estimate of drug-likeness (QED) is 0.400. The summed E-state index contributed by atoms with van der Waals surface area (Å²) in [5.41, 5.74) is 6.34. The fourth-order valence-corrected chi connectivity index (χ4v) is 1.91. The lowest BCUT2D eigenvalue weighted by Crippen LogP contribution is -2.32. The summed E-state index contributed by atoms with van der Waals surface area (Å²) >= 11 is 0. The number of anilines is 2. The zero-order valence-electron chi connectivity index (χ0n) is 11.3. The summed E-state index contributed by atoms with van der Waals surface area (Å²) in [7, 11) is 0. The van der Waals surface area contributed by atoms with Crippen LogP contribution in [0, 0.1) is 15.5 Å². The largest absolute Gasteiger partial charge is 0.398 e. The minimum atomic E-state index is -0.472. The number of aliphatic hydroxyl groups excluding tert-OH is 1. The molecule has 0 heterocycles. The van der Waals surface area contributed by atoms with E-state index in [0.717, 1.165) is 12.8 Å². The first-order chi connectivity index (χ1) is 8.96. The van der Waals surface area contributed by atoms with E-state index in [1.165, 1.54) is 12.1 Å². The van der Waals surface area contributed by atoms with E-state index in [0.29, 0.717) is 17.9 Å². The van der Waals surface area contributed by atoms with Gasteiger partial charge in [-0.25, -0.2) is 0 Å². The van der Waals surface area contributed by atoms with E-state index in [1.54, 1.807) is 6.07 Å². The molecule has 0 radical (unpaired) electrons. The van der Waals surface area contributed by atoms with Crippen LogP contribution in [0.5, 0.6) is 0 Å². The smallest absolute Gasteiger partial charge is 0.273 e. The number of non-ortho nitro benzene ring substituents is 1. The fourth-order valence-electron chi connectivity index (χ4n) is 1.91. The van der Waals surface area contributed by atoms with Gasteiger partial charge in [-0.3, -0.25) is 10.1 Å². The highest BCUT2D eigenvalue weighted by Gasteiger charge is 2.25. The second kappa shape index (κ2) is 6.38. The molecule has 19 heavy (non-hydrogen) atoms. The predicted molar refractivity (Wildman–Crippen MR) is 76.1 cm³/mol. The van der Waals surface area contributed by atoms with Crippen molar-refractivity contribution in [1.29, 1.82) is 0 Å². The lowest BCUT2D eigenvalue weighted by Gasteiger charge is -2.30. The summed E-state index contributed by atoms with van der Waals surface area (Å²) in [4.78, 5) is 10.3. The molecule has 0 aliphatic rings. The molecule has 0 spiro atoms. The van der Waals surface area contributed by atoms with Gasteiger partial charge in [0.05, 0.1) is 11.5 Å². The zero-order valence-corrected chi connectivity index (χ0v) is 11.3. The Morgan fingerprint density at radius 3 is 2.47 bits per heavy atom. The molecule has 0 aromatic heterocycles. The Balaban J connectivity index is 2.85. The van der Waals surface area contributed by atoms with Crippen molar-refractivity contribution < 1.29 is 10.0 Å². The van der Waals surface area contributed by atoms with Crippen LogP contribution in [0.2, 0.25) is 0 Å². The van der Waals surface area contributed by atoms with Gasteiger partial charge in [-0.2, -0.15) is 0 Å². The highest BCUT2D eigenvalue weighted by molar-refractivity contribution is 5.61. The van der Waals surface area contributed by atoms with Crippen LogP contribution in [0.25, 0.3) is 0 Å². The molecule has 4 N–H and O–H groups in total. The van der Waals surface area contributed by atoms with Crippen LogP contribution in [-0.4, -0.2) is 23.2 Å². The molecule has 0 bridgehead atoms. The van der Waals surface area contributed by atoms with Crippen molar-refractivity contribution in [1.82, 2.24) is 0 Å². The second-order valence-electron chi connectivity index (χ2n) is 4.79. The standard InChI is InChI=1S/C13H21N3O3/c1-3-13(4-2,9-17)8-15-11-5-10(14)6-12(7-11)16(18)19/h5-7,15,17H,3-4,8-9,14H2,1-2H3. The van der Waals surface area contributed by atoms with E-state index in [9.17, 15) is 15.2 Å². The molecular formula is C13H21N3O3. The van der Waals surface area contributed by atoms with Gasteiger partial charge in [0.15, 0.2) is 0 Å². The Morgan fingerprint density at radius 2 is 2.00 bits per heavy atom. The SMILES string of the molecule is CCC(CC)(CO)CNc1cc(N)cc([N+](=O)[O-])c1. The molecule has 0 amide bonds. The number of nitrogen functional groups attached to an aromatic ring is 1. The van der Waals surface area contributed by atoms with Crippen molar-refractivity contribution in [3.63, 3.8) is 0 Å². The molecular weight excluding hydrogens is 246 g/mol. The monoisotopic (exact) mass is 267 g/mol. The van der Waals surface area contributed by atoms with E-state index in [1.807, 2.05) is 13.8 Å². The van der Waals surface area contributed by atoms with Gasteiger partial charge in [-0.15, -0.1) is 0 Å². The number of nitrogens with two attached hydrogens (primary N) is 1. The van der Waals surface area contributed by atoms with Crippen LogP contribution in [0.1, 0.15) is 26.7 Å². The van der Waals surface area contributed by atoms with E-state index in [2.05, 4.69) is 5.32 Å². The van der Waals surface area contributed by atoms with E-state index < -0.39 is 4.92 Å². The third-order valence-electron chi connectivity index (χ3n) is 3.65. The topological polar surface area (TPSA) is 101 Å². The summed E-state index contributed by atoms with van der Waals surface area (Å²) < 4.78 is 0. The van der Waals surface area contributed by atoms with Crippen LogP contribution in [0.4, 0.5) is 17.1 Å². The number of benzene rings is 1. The van der Waals surface area contributed by atoms with Crippen LogP contribution < -0.4 is 11.1 Å². The van der Waals surface area contributed by atoms with Crippen molar-refractivity contribution in [2.45, 2.75) is 26.7 Å². The minimum absolute atomic E-state index is 0.0369. The maximum absolute atomic E-state index is 10.8. The zero-order chi connectivity index (χ0) is 14.5. The third-order valence-corrected chi connectivity index (χ3v) is 3.65. The van der Waals surface area contributed by atoms with Crippen molar-refractivity contribution >= 4 is 17.1 Å². The van der Waals surface area contributed by atoms with Crippen LogP contribution >= 0.6 is 0 Å². The average molecular weight is 267 g/mol. The number of nitro benzene ring substituents is 1. The molecule has 0 aliphatic heterocycles. The first kappa shape index (κ1) is 15.2. The molecule has 0 aliphatic carbocycles. The van der Waals surface area contributed by atoms with Crippen molar-refractivity contribution in [2.75, 3.05) is 24.2 Å². The van der Waals surface area contributed by atoms with E-state index >= 15 is 0 Å². The third kappa shape index (κ3) is 3.82. The number of hydrogen-bond acceptors (Lipinski definition) is 5. The van der Waals surface area contributed by atoms with Crippen molar-refractivity contribution in [3.8, 4) is 0 Å². The average Bonchev–Trinajstić information content (AvgIpc) is 2.40. The van der Waals surface area contributed by atoms with Crippen LogP contribution in [-0.2, 0) is 0 Å². The first-order valence-electron chi connectivity index (χ1n) is 6.36. The van der Waals surface area contributed by atoms with Gasteiger partial charge in [-0.05, 0) is 18.9 Å². The van der Waals surface area contributed by atoms with E-state index in [4.69, 9.17) is 5.73 Å². The molecule has 0 unspecified atom stereocenters. The van der Waals surface area contributed by atoms with Crippen molar-refractivity contribution in [3.05, 3.63) is 28.3 Å². The summed E-state index contributed by atoms with van der Waals surface area (Å²) in [6, 6.07) is 4.42. The molecule has 6 nitrogen and oxygen atoms in total. The number of nitrogens with one attached hydrogen (secondary N) is 1. The number of nitrogens with zero attached hydrogens (tertiary/aromatic N) is 1. The lowest BCUT2D eigenvalue weighted by molar-refractivity contribution is -0.384. The highest BCUT2D eigenvalue weighted by atomic mass is 16.6. The number of hydrogen-bond donors (Lipinski definition) is 3. The Bertz CT molecular complexity index is 436. The summed E-state index contributed by atoms with van der Waals surface area (Å²) in [6.07, 6.45) is 1.66. The van der Waals surface area contributed by atoms with Gasteiger partial charge in [0.1, 0.15) is 0 Å². The van der Waals surface area contributed by atoms with Gasteiger partial charge in [0, 0.05) is 35.5 Å². The van der Waals surface area contributed by atoms with Crippen molar-refractivity contribution in [2.24, 2.45) is 5.41 Å². The van der Waals surface area contributed by atoms with Crippen LogP contribution in [0.3, 0.4) is 0 Å². The molecule has 0 saturated heterocycles. The van der Waals surface area contributed by atoms with E-state index in [-0.39, 0.29) is 17.7 Å². The maximum Gasteiger partial charge on any atom is 0.273 e. The second-order valence-corrected chi connectivity index (χ2v) is 4.79. The molecule has 1 rings (SSSR count). The van der Waals surface area contributed by atoms with Crippen LogP contribution in [0.15, 0.2) is 18.2 Å². The maximum atomic E-state index is 10.8. The molecule has 1 aromatic carbocycles. The predicted octanol–water partition coefficient (Wildman–Crippen LogP) is 2.39. The molecule has 106 valence electrons. The lowest BCUT2D eigenvalue weighted by atomic mass is 9.83. The Hall–Kier alpha value is -1.82. The number of aliphatic hydroxyl groups is 1. The number of nitro groups is 1. The van der Waals surface area contributed by atoms with Gasteiger partial charge in [-0.1, -0.05) is 13.8 Å². The molecule has 6 heteroatoms. The summed E-state index contributed by atoms with van der Waals surface area (Å²) in [5, 5.41) is 23.4. The molecule has 0 fully saturated rings. The Labute approximate surface area is 112 Å². The van der Waals surface area contributed by atoms with Gasteiger partial charge in [0.2, 0.25) is 0 Å².